The van der Waals surface area contributed by atoms with Gasteiger partial charge in [0.1, 0.15) is 6.10 Å². The molecule has 0 aliphatic carbocycles. The molecule has 2 rings (SSSR count). The highest BCUT2D eigenvalue weighted by molar-refractivity contribution is 7.89. The lowest BCUT2D eigenvalue weighted by molar-refractivity contribution is 0.110. The molecule has 8 heteroatoms. The molecule has 0 bridgehead atoms. The van der Waals surface area contributed by atoms with Gasteiger partial charge in [-0.1, -0.05) is 18.2 Å². The van der Waals surface area contributed by atoms with Crippen LogP contribution in [0.5, 0.6) is 0 Å². The first-order valence-electron chi connectivity index (χ1n) is 5.51. The Morgan fingerprint density at radius 3 is 2.42 bits per heavy atom. The summed E-state index contributed by atoms with van der Waals surface area (Å²) >= 11 is 0. The fourth-order valence-electron chi connectivity index (χ4n) is 1.65. The van der Waals surface area contributed by atoms with Gasteiger partial charge in [0.2, 0.25) is 0 Å². The van der Waals surface area contributed by atoms with Gasteiger partial charge in [-0.3, -0.25) is 4.57 Å². The lowest BCUT2D eigenvalue weighted by Crippen LogP contribution is -2.19. The number of sulfonamides is 1. The predicted molar refractivity (Wildman–Crippen MR) is 68.2 cm³/mol. The molecule has 0 saturated carbocycles. The number of para-hydroxylation sites is 1. The van der Waals surface area contributed by atoms with Crippen molar-refractivity contribution in [2.24, 2.45) is 5.14 Å². The van der Waals surface area contributed by atoms with Crippen LogP contribution in [0.25, 0.3) is 5.69 Å². The number of nitrogens with zero attached hydrogens (tertiary/aromatic N) is 3. The number of nitrogens with two attached hydrogens (primary N) is 1. The molecule has 0 spiro atoms. The maximum absolute atomic E-state index is 11.6. The predicted octanol–water partition coefficient (Wildman–Crippen LogP) is 0.622. The van der Waals surface area contributed by atoms with Gasteiger partial charge in [0.15, 0.2) is 5.82 Å². The summed E-state index contributed by atoms with van der Waals surface area (Å²) in [4.78, 5) is 0. The van der Waals surface area contributed by atoms with Crippen LogP contribution in [0, 0.1) is 0 Å². The molecule has 2 aromatic rings. The summed E-state index contributed by atoms with van der Waals surface area (Å²) in [6.45, 7) is 1.75. The maximum Gasteiger partial charge on any atom is 0.274 e. The van der Waals surface area contributed by atoms with Crippen LogP contribution >= 0.6 is 0 Å². The van der Waals surface area contributed by atoms with E-state index in [9.17, 15) is 8.42 Å². The van der Waals surface area contributed by atoms with Crippen molar-refractivity contribution in [3.05, 3.63) is 36.2 Å². The third-order valence-corrected chi connectivity index (χ3v) is 3.42. The minimum absolute atomic E-state index is 0.308. The van der Waals surface area contributed by atoms with E-state index in [2.05, 4.69) is 10.2 Å². The number of aromatic nitrogens is 3. The van der Waals surface area contributed by atoms with Gasteiger partial charge >= 0.3 is 0 Å². The molecule has 0 radical (unpaired) electrons. The van der Waals surface area contributed by atoms with E-state index in [4.69, 9.17) is 9.88 Å². The minimum Gasteiger partial charge on any atom is -0.374 e. The van der Waals surface area contributed by atoms with E-state index < -0.39 is 16.1 Å². The lowest BCUT2D eigenvalue weighted by Gasteiger charge is -2.12. The van der Waals surface area contributed by atoms with Crippen molar-refractivity contribution in [2.75, 3.05) is 7.11 Å². The molecule has 1 heterocycles. The molecule has 0 aliphatic rings. The van der Waals surface area contributed by atoms with E-state index >= 15 is 0 Å². The second kappa shape index (κ2) is 5.08. The second-order valence-electron chi connectivity index (χ2n) is 3.93. The van der Waals surface area contributed by atoms with Crippen LogP contribution in [0.1, 0.15) is 18.9 Å². The SMILES string of the molecule is COC(C)c1nnc(S(N)(=O)=O)n1-c1ccccc1. The van der Waals surface area contributed by atoms with E-state index in [1.165, 1.54) is 11.7 Å². The average Bonchev–Trinajstić information content (AvgIpc) is 2.83. The zero-order chi connectivity index (χ0) is 14.0. The highest BCUT2D eigenvalue weighted by Gasteiger charge is 2.25. The van der Waals surface area contributed by atoms with Gasteiger partial charge < -0.3 is 4.74 Å². The summed E-state index contributed by atoms with van der Waals surface area (Å²) in [5, 5.41) is 12.4. The first-order chi connectivity index (χ1) is 8.95. The molecule has 0 saturated heterocycles. The molecule has 0 amide bonds. The van der Waals surface area contributed by atoms with Crippen molar-refractivity contribution in [2.45, 2.75) is 18.2 Å². The van der Waals surface area contributed by atoms with Crippen molar-refractivity contribution in [3.63, 3.8) is 0 Å². The summed E-state index contributed by atoms with van der Waals surface area (Å²) in [5.41, 5.74) is 0.607. The van der Waals surface area contributed by atoms with Crippen molar-refractivity contribution in [3.8, 4) is 5.69 Å². The highest BCUT2D eigenvalue weighted by atomic mass is 32.2. The molecule has 1 aromatic heterocycles. The first-order valence-corrected chi connectivity index (χ1v) is 7.06. The van der Waals surface area contributed by atoms with Crippen LogP contribution in [0.4, 0.5) is 0 Å². The van der Waals surface area contributed by atoms with Crippen molar-refractivity contribution in [1.29, 1.82) is 0 Å². The van der Waals surface area contributed by atoms with Crippen molar-refractivity contribution in [1.82, 2.24) is 14.8 Å². The average molecular weight is 282 g/mol. The van der Waals surface area contributed by atoms with E-state index in [0.29, 0.717) is 11.5 Å². The normalized spacial score (nSPS) is 13.4. The molecule has 0 fully saturated rings. The number of hydrogen-bond acceptors (Lipinski definition) is 5. The Labute approximate surface area is 111 Å². The Kier molecular flexibility index (Phi) is 3.65. The Morgan fingerprint density at radius 2 is 1.89 bits per heavy atom. The molecular weight excluding hydrogens is 268 g/mol. The summed E-state index contributed by atoms with van der Waals surface area (Å²) in [7, 11) is -2.46. The second-order valence-corrected chi connectivity index (χ2v) is 5.39. The van der Waals surface area contributed by atoms with Crippen LogP contribution in [-0.4, -0.2) is 30.3 Å². The summed E-state index contributed by atoms with van der Waals surface area (Å²) in [6, 6.07) is 8.87. The number of rotatable bonds is 4. The topological polar surface area (TPSA) is 100 Å². The van der Waals surface area contributed by atoms with Gasteiger partial charge in [-0.25, -0.2) is 13.6 Å². The lowest BCUT2D eigenvalue weighted by atomic mass is 10.3. The van der Waals surface area contributed by atoms with E-state index in [1.807, 2.05) is 6.07 Å². The largest absolute Gasteiger partial charge is 0.374 e. The molecule has 1 aromatic carbocycles. The number of methoxy groups -OCH3 is 1. The standard InChI is InChI=1S/C11H14N4O3S/c1-8(18-2)10-13-14-11(19(12,16)17)15(10)9-6-4-3-5-7-9/h3-8H,1-2H3,(H2,12,16,17). The van der Waals surface area contributed by atoms with E-state index in [-0.39, 0.29) is 5.16 Å². The molecule has 1 unspecified atom stereocenters. The third kappa shape index (κ3) is 2.65. The fraction of sp³-hybridized carbons (Fsp3) is 0.273. The van der Waals surface area contributed by atoms with E-state index in [0.717, 1.165) is 0 Å². The Bertz CT molecular complexity index is 667. The van der Waals surface area contributed by atoms with Gasteiger partial charge in [-0.05, 0) is 19.1 Å². The van der Waals surface area contributed by atoms with Crippen molar-refractivity contribution >= 4 is 10.0 Å². The van der Waals surface area contributed by atoms with Gasteiger partial charge in [0, 0.05) is 12.8 Å². The molecule has 7 nitrogen and oxygen atoms in total. The first kappa shape index (κ1) is 13.7. The summed E-state index contributed by atoms with van der Waals surface area (Å²) < 4.78 is 29.7. The molecule has 102 valence electrons. The highest BCUT2D eigenvalue weighted by Crippen LogP contribution is 2.21. The quantitative estimate of drug-likeness (QED) is 0.886. The molecule has 1 atom stereocenters. The van der Waals surface area contributed by atoms with Gasteiger partial charge in [-0.15, -0.1) is 10.2 Å². The fourth-order valence-corrected chi connectivity index (χ4v) is 2.26. The summed E-state index contributed by atoms with van der Waals surface area (Å²) in [6.07, 6.45) is -0.414. The third-order valence-electron chi connectivity index (χ3n) is 2.64. The molecule has 2 N–H and O–H groups in total. The zero-order valence-corrected chi connectivity index (χ0v) is 11.3. The number of benzene rings is 1. The van der Waals surface area contributed by atoms with Crippen LogP contribution in [0.2, 0.25) is 0 Å². The van der Waals surface area contributed by atoms with Crippen LogP contribution < -0.4 is 5.14 Å². The smallest absolute Gasteiger partial charge is 0.274 e. The number of hydrogen-bond donors (Lipinski definition) is 1. The van der Waals surface area contributed by atoms with Crippen LogP contribution in [0.15, 0.2) is 35.5 Å². The Morgan fingerprint density at radius 1 is 1.26 bits per heavy atom. The molecule has 19 heavy (non-hydrogen) atoms. The molecular formula is C11H14N4O3S. The van der Waals surface area contributed by atoms with Gasteiger partial charge in [0.05, 0.1) is 0 Å². The number of ether oxygens (including phenoxy) is 1. The minimum atomic E-state index is -3.97. The van der Waals surface area contributed by atoms with Crippen LogP contribution in [0.3, 0.4) is 0 Å². The zero-order valence-electron chi connectivity index (χ0n) is 10.5. The van der Waals surface area contributed by atoms with Crippen LogP contribution in [-0.2, 0) is 14.8 Å². The van der Waals surface area contributed by atoms with Crippen molar-refractivity contribution < 1.29 is 13.2 Å². The molecule has 0 aliphatic heterocycles. The van der Waals surface area contributed by atoms with Gasteiger partial charge in [0.25, 0.3) is 15.2 Å². The number of primary sulfonamides is 1. The summed E-state index contributed by atoms with van der Waals surface area (Å²) in [5.74, 6) is 0.373. The van der Waals surface area contributed by atoms with Gasteiger partial charge in [-0.2, -0.15) is 0 Å². The maximum atomic E-state index is 11.6. The monoisotopic (exact) mass is 282 g/mol. The Balaban J connectivity index is 2.71. The van der Waals surface area contributed by atoms with E-state index in [1.54, 1.807) is 31.2 Å². The Hall–Kier alpha value is -1.77.